The van der Waals surface area contributed by atoms with E-state index in [-0.39, 0.29) is 6.61 Å². The number of ketones is 2. The molecule has 0 fully saturated rings. The highest BCUT2D eigenvalue weighted by Gasteiger charge is 2.44. The Morgan fingerprint density at radius 3 is 2.67 bits per heavy atom. The summed E-state index contributed by atoms with van der Waals surface area (Å²) in [6.45, 7) is 3.29. The number of aliphatic hydroxyl groups is 2. The zero-order valence-corrected chi connectivity index (χ0v) is 13.5. The van der Waals surface area contributed by atoms with Crippen LogP contribution in [0, 0.1) is 6.92 Å². The Bertz CT molecular complexity index is 891. The van der Waals surface area contributed by atoms with Crippen molar-refractivity contribution in [1.29, 1.82) is 0 Å². The van der Waals surface area contributed by atoms with Gasteiger partial charge >= 0.3 is 0 Å². The molecule has 2 aliphatic rings. The Balaban J connectivity index is 2.04. The number of hydrogen-bond donors (Lipinski definition) is 2. The van der Waals surface area contributed by atoms with E-state index in [9.17, 15) is 19.8 Å². The van der Waals surface area contributed by atoms with Gasteiger partial charge in [-0.25, -0.2) is 0 Å². The van der Waals surface area contributed by atoms with E-state index in [1.165, 1.54) is 6.26 Å². The first-order valence-electron chi connectivity index (χ1n) is 8.03. The fourth-order valence-electron chi connectivity index (χ4n) is 4.01. The smallest absolute Gasteiger partial charge is 0.237 e. The van der Waals surface area contributed by atoms with E-state index in [2.05, 4.69) is 0 Å². The third-order valence-electron chi connectivity index (χ3n) is 5.54. The number of fused-ring (bicyclic) bond motifs is 5. The van der Waals surface area contributed by atoms with Gasteiger partial charge in [-0.05, 0) is 36.5 Å². The number of carbonyl (C=O) groups is 2. The first-order valence-corrected chi connectivity index (χ1v) is 8.03. The van der Waals surface area contributed by atoms with Crippen LogP contribution in [0.1, 0.15) is 50.8 Å². The molecule has 24 heavy (non-hydrogen) atoms. The Kier molecular flexibility index (Phi) is 3.11. The molecule has 1 heterocycles. The molecule has 0 radical (unpaired) electrons. The van der Waals surface area contributed by atoms with Gasteiger partial charge in [0.25, 0.3) is 0 Å². The molecule has 5 heteroatoms. The van der Waals surface area contributed by atoms with E-state index >= 15 is 0 Å². The van der Waals surface area contributed by atoms with Crippen molar-refractivity contribution in [3.8, 4) is 11.3 Å². The summed E-state index contributed by atoms with van der Waals surface area (Å²) in [6.07, 6.45) is 1.73. The van der Waals surface area contributed by atoms with Crippen molar-refractivity contribution in [3.05, 3.63) is 46.2 Å². The Morgan fingerprint density at radius 1 is 1.25 bits per heavy atom. The van der Waals surface area contributed by atoms with Crippen LogP contribution in [-0.2, 0) is 11.8 Å². The Morgan fingerprint density at radius 2 is 1.96 bits per heavy atom. The molecule has 0 aliphatic heterocycles. The van der Waals surface area contributed by atoms with Crippen molar-refractivity contribution in [2.45, 2.75) is 38.2 Å². The fourth-order valence-corrected chi connectivity index (χ4v) is 4.01. The SMILES string of the molecule is Cc1coc2c1C(=O)C(=O)c1c-2ccc2c1CCC(O)[C@]2(C)CO. The average molecular weight is 326 g/mol. The number of rotatable bonds is 1. The summed E-state index contributed by atoms with van der Waals surface area (Å²) >= 11 is 0. The van der Waals surface area contributed by atoms with Gasteiger partial charge in [0.1, 0.15) is 5.76 Å². The van der Waals surface area contributed by atoms with E-state index in [1.54, 1.807) is 19.9 Å². The summed E-state index contributed by atoms with van der Waals surface area (Å²) < 4.78 is 5.55. The maximum atomic E-state index is 12.8. The average Bonchev–Trinajstić information content (AvgIpc) is 2.97. The summed E-state index contributed by atoms with van der Waals surface area (Å²) in [4.78, 5) is 25.3. The second-order valence-electron chi connectivity index (χ2n) is 6.93. The molecule has 1 unspecified atom stereocenters. The van der Waals surface area contributed by atoms with Crippen molar-refractivity contribution in [2.24, 2.45) is 0 Å². The maximum absolute atomic E-state index is 12.8. The summed E-state index contributed by atoms with van der Waals surface area (Å²) in [7, 11) is 0. The van der Waals surface area contributed by atoms with Gasteiger partial charge in [0.05, 0.1) is 24.5 Å². The zero-order chi connectivity index (χ0) is 17.2. The molecular weight excluding hydrogens is 308 g/mol. The quantitative estimate of drug-likeness (QED) is 0.784. The predicted molar refractivity (Wildman–Crippen MR) is 86.3 cm³/mol. The molecule has 0 bridgehead atoms. The number of benzene rings is 1. The molecule has 4 rings (SSSR count). The summed E-state index contributed by atoms with van der Waals surface area (Å²) in [5.74, 6) is -0.642. The molecule has 0 saturated carbocycles. The van der Waals surface area contributed by atoms with E-state index in [0.29, 0.717) is 40.9 Å². The summed E-state index contributed by atoms with van der Waals surface area (Å²) in [6, 6.07) is 3.59. The number of aryl methyl sites for hydroxylation is 1. The summed E-state index contributed by atoms with van der Waals surface area (Å²) in [5.41, 5.74) is 2.62. The topological polar surface area (TPSA) is 87.7 Å². The molecule has 0 spiro atoms. The maximum Gasteiger partial charge on any atom is 0.237 e. The molecule has 2 atom stereocenters. The second-order valence-corrected chi connectivity index (χ2v) is 6.93. The van der Waals surface area contributed by atoms with Crippen LogP contribution in [0.2, 0.25) is 0 Å². The van der Waals surface area contributed by atoms with Crippen LogP contribution >= 0.6 is 0 Å². The summed E-state index contributed by atoms with van der Waals surface area (Å²) in [5, 5.41) is 20.1. The number of carbonyl (C=O) groups excluding carboxylic acids is 2. The molecule has 0 amide bonds. The number of Topliss-reactive ketones (excluding diaryl/α,β-unsaturated/α-hetero) is 2. The third kappa shape index (κ3) is 1.71. The van der Waals surface area contributed by atoms with Gasteiger partial charge in [-0.2, -0.15) is 0 Å². The lowest BCUT2D eigenvalue weighted by atomic mass is 9.67. The van der Waals surface area contributed by atoms with Gasteiger partial charge < -0.3 is 14.6 Å². The normalized spacial score (nSPS) is 25.2. The minimum absolute atomic E-state index is 0.229. The van der Waals surface area contributed by atoms with Gasteiger partial charge in [-0.15, -0.1) is 0 Å². The standard InChI is InChI=1S/C19H18O5/c1-9-7-24-18-11-3-5-12-10(4-6-13(21)19(12,2)8-20)15(11)17(23)16(22)14(9)18/h3,5,7,13,20-21H,4,6,8H2,1-2H3/t13?,19-/m1/s1. The van der Waals surface area contributed by atoms with Gasteiger partial charge in [-0.3, -0.25) is 9.59 Å². The first-order chi connectivity index (χ1) is 11.4. The molecule has 1 aromatic heterocycles. The van der Waals surface area contributed by atoms with Crippen molar-refractivity contribution in [1.82, 2.24) is 0 Å². The van der Waals surface area contributed by atoms with E-state index in [1.807, 2.05) is 6.07 Å². The van der Waals surface area contributed by atoms with Crippen molar-refractivity contribution in [3.63, 3.8) is 0 Å². The monoisotopic (exact) mass is 326 g/mol. The van der Waals surface area contributed by atoms with E-state index in [4.69, 9.17) is 4.42 Å². The molecular formula is C19H18O5. The lowest BCUT2D eigenvalue weighted by molar-refractivity contribution is 0.0350. The zero-order valence-electron chi connectivity index (χ0n) is 13.5. The van der Waals surface area contributed by atoms with Crippen LogP contribution in [0.5, 0.6) is 0 Å². The second kappa shape index (κ2) is 4.88. The highest BCUT2D eigenvalue weighted by Crippen LogP contribution is 2.44. The molecule has 0 saturated heterocycles. The number of hydrogen-bond acceptors (Lipinski definition) is 5. The molecule has 2 N–H and O–H groups in total. The van der Waals surface area contributed by atoms with Crippen LogP contribution in [0.3, 0.4) is 0 Å². The highest BCUT2D eigenvalue weighted by atomic mass is 16.3. The van der Waals surface area contributed by atoms with E-state index in [0.717, 1.165) is 11.1 Å². The van der Waals surface area contributed by atoms with Gasteiger partial charge in [0, 0.05) is 16.5 Å². The third-order valence-corrected chi connectivity index (χ3v) is 5.54. The van der Waals surface area contributed by atoms with Gasteiger partial charge in [0.15, 0.2) is 0 Å². The lowest BCUT2D eigenvalue weighted by Gasteiger charge is -2.40. The Hall–Kier alpha value is -2.24. The van der Waals surface area contributed by atoms with Gasteiger partial charge in [-0.1, -0.05) is 19.1 Å². The van der Waals surface area contributed by atoms with Crippen molar-refractivity contribution in [2.75, 3.05) is 6.61 Å². The Labute approximate surface area is 138 Å². The van der Waals surface area contributed by atoms with Crippen molar-refractivity contribution >= 4 is 11.6 Å². The molecule has 1 aromatic carbocycles. The van der Waals surface area contributed by atoms with Crippen molar-refractivity contribution < 1.29 is 24.2 Å². The molecule has 5 nitrogen and oxygen atoms in total. The number of furan rings is 1. The van der Waals surface area contributed by atoms with Crippen LogP contribution in [0.25, 0.3) is 11.3 Å². The molecule has 2 aromatic rings. The minimum atomic E-state index is -0.842. The first kappa shape index (κ1) is 15.3. The van der Waals surface area contributed by atoms with Crippen LogP contribution in [0.4, 0.5) is 0 Å². The van der Waals surface area contributed by atoms with E-state index < -0.39 is 23.1 Å². The number of aliphatic hydroxyl groups excluding tert-OH is 2. The largest absolute Gasteiger partial charge is 0.463 e. The minimum Gasteiger partial charge on any atom is -0.463 e. The highest BCUT2D eigenvalue weighted by molar-refractivity contribution is 6.53. The lowest BCUT2D eigenvalue weighted by Crippen LogP contribution is -2.45. The predicted octanol–water partition coefficient (Wildman–Crippen LogP) is 2.19. The molecule has 2 aliphatic carbocycles. The van der Waals surface area contributed by atoms with Crippen LogP contribution in [-0.4, -0.2) is 34.5 Å². The molecule has 124 valence electrons. The fraction of sp³-hybridized carbons (Fsp3) is 0.368. The van der Waals surface area contributed by atoms with Gasteiger partial charge in [0.2, 0.25) is 11.6 Å². The van der Waals surface area contributed by atoms with Crippen LogP contribution < -0.4 is 0 Å². The van der Waals surface area contributed by atoms with Crippen LogP contribution in [0.15, 0.2) is 22.8 Å².